The maximum atomic E-state index is 12.4. The number of unbranched alkanes of at least 4 members (excludes halogenated alkanes) is 20. The molecule has 0 amide bonds. The largest absolute Gasteiger partial charge is 0.466 e. The molecule has 1 aliphatic rings. The first-order valence-electron chi connectivity index (χ1n) is 26.6. The van der Waals surface area contributed by atoms with Gasteiger partial charge >= 0.3 is 11.9 Å². The second-order valence-corrected chi connectivity index (χ2v) is 19.0. The monoisotopic (exact) mass is 850 g/mol. The third kappa shape index (κ3) is 32.5. The summed E-state index contributed by atoms with van der Waals surface area (Å²) in [7, 11) is 2.16. The molecule has 1 aliphatic heterocycles. The first-order valence-corrected chi connectivity index (χ1v) is 26.6. The van der Waals surface area contributed by atoms with Crippen molar-refractivity contribution < 1.29 is 28.5 Å². The summed E-state index contributed by atoms with van der Waals surface area (Å²) in [6, 6.07) is 0. The van der Waals surface area contributed by atoms with E-state index in [4.69, 9.17) is 18.9 Å². The summed E-state index contributed by atoms with van der Waals surface area (Å²) in [6.07, 6.45) is 42.2. The fourth-order valence-electron chi connectivity index (χ4n) is 9.09. The zero-order chi connectivity index (χ0) is 43.8. The number of carbonyl (C=O) groups excluding carboxylic acids is 2. The highest BCUT2D eigenvalue weighted by molar-refractivity contribution is 5.69. The smallest absolute Gasteiger partial charge is 0.305 e. The molecule has 1 unspecified atom stereocenters. The van der Waals surface area contributed by atoms with Crippen molar-refractivity contribution in [3.63, 3.8) is 0 Å². The average Bonchev–Trinajstić information content (AvgIpc) is 3.64. The van der Waals surface area contributed by atoms with E-state index in [1.807, 2.05) is 0 Å². The molecule has 1 saturated heterocycles. The van der Waals surface area contributed by atoms with Crippen LogP contribution in [0.25, 0.3) is 0 Å². The van der Waals surface area contributed by atoms with Gasteiger partial charge in [0, 0.05) is 32.2 Å². The lowest BCUT2D eigenvalue weighted by Gasteiger charge is -2.29. The van der Waals surface area contributed by atoms with Gasteiger partial charge in [-0.3, -0.25) is 9.59 Å². The van der Waals surface area contributed by atoms with Crippen LogP contribution in [0.5, 0.6) is 0 Å². The molecule has 7 nitrogen and oxygen atoms in total. The van der Waals surface area contributed by atoms with Crippen LogP contribution in [0.2, 0.25) is 0 Å². The number of rotatable bonds is 45. The highest BCUT2D eigenvalue weighted by Gasteiger charge is 2.40. The van der Waals surface area contributed by atoms with Crippen LogP contribution in [0.15, 0.2) is 0 Å². The predicted octanol–water partition coefficient (Wildman–Crippen LogP) is 15.5. The molecule has 0 aromatic heterocycles. The second-order valence-electron chi connectivity index (χ2n) is 19.0. The topological polar surface area (TPSA) is 74.3 Å². The van der Waals surface area contributed by atoms with Crippen molar-refractivity contribution in [2.75, 3.05) is 40.0 Å². The first-order chi connectivity index (χ1) is 29.3. The van der Waals surface area contributed by atoms with Crippen LogP contribution in [-0.4, -0.2) is 68.7 Å². The minimum atomic E-state index is -0.421. The lowest BCUT2D eigenvalue weighted by Crippen LogP contribution is -2.34. The van der Waals surface area contributed by atoms with Crippen molar-refractivity contribution in [2.24, 2.45) is 11.8 Å². The molecule has 1 atom stereocenters. The molecule has 0 saturated carbocycles. The molecule has 0 aromatic rings. The Bertz CT molecular complexity index is 880. The fraction of sp³-hybridized carbons (Fsp3) is 0.962. The Morgan fingerprint density at radius 3 is 1.25 bits per heavy atom. The summed E-state index contributed by atoms with van der Waals surface area (Å²) in [4.78, 5) is 27.1. The first kappa shape index (κ1) is 56.8. The average molecular weight is 850 g/mol. The van der Waals surface area contributed by atoms with Crippen molar-refractivity contribution in [1.29, 1.82) is 0 Å². The van der Waals surface area contributed by atoms with Crippen molar-refractivity contribution in [2.45, 2.75) is 278 Å². The molecule has 0 aromatic carbocycles. The molecule has 7 heteroatoms. The highest BCUT2D eigenvalue weighted by Crippen LogP contribution is 2.35. The van der Waals surface area contributed by atoms with Gasteiger partial charge in [0.05, 0.1) is 25.9 Å². The summed E-state index contributed by atoms with van der Waals surface area (Å²) in [5.74, 6) is 1.01. The SMILES string of the molecule is CCCCCC(CCCCC)CCOC(=O)CCCCCCCCCC1(CCCCCCCCCC(=O)OCCC(CCCCC)CCCCC)OCC(CN(C)CC)O1. The zero-order valence-electron chi connectivity index (χ0n) is 41.1. The van der Waals surface area contributed by atoms with Gasteiger partial charge in [0.25, 0.3) is 0 Å². The summed E-state index contributed by atoms with van der Waals surface area (Å²) in [5, 5.41) is 0. The van der Waals surface area contributed by atoms with Crippen LogP contribution in [0.3, 0.4) is 0 Å². The van der Waals surface area contributed by atoms with Gasteiger partial charge in [-0.2, -0.15) is 0 Å². The maximum absolute atomic E-state index is 12.4. The fourth-order valence-corrected chi connectivity index (χ4v) is 9.09. The molecule has 356 valence electrons. The Balaban J connectivity index is 2.23. The Morgan fingerprint density at radius 1 is 0.517 bits per heavy atom. The molecule has 0 N–H and O–H groups in total. The summed E-state index contributed by atoms with van der Waals surface area (Å²) < 4.78 is 24.5. The van der Waals surface area contributed by atoms with Crippen LogP contribution in [0.1, 0.15) is 266 Å². The van der Waals surface area contributed by atoms with Gasteiger partial charge in [-0.25, -0.2) is 0 Å². The molecule has 1 fully saturated rings. The number of likely N-dealkylation sites (N-methyl/N-ethyl adjacent to an activating group) is 1. The maximum Gasteiger partial charge on any atom is 0.305 e. The van der Waals surface area contributed by atoms with Gasteiger partial charge in [0.2, 0.25) is 0 Å². The Kier molecular flexibility index (Phi) is 38.4. The molecule has 0 aliphatic carbocycles. The van der Waals surface area contributed by atoms with E-state index in [9.17, 15) is 9.59 Å². The van der Waals surface area contributed by atoms with E-state index in [0.717, 1.165) is 77.3 Å². The molecule has 60 heavy (non-hydrogen) atoms. The van der Waals surface area contributed by atoms with Crippen molar-refractivity contribution in [3.8, 4) is 0 Å². The van der Waals surface area contributed by atoms with E-state index in [1.54, 1.807) is 0 Å². The molecule has 1 rings (SSSR count). The quantitative estimate of drug-likeness (QED) is 0.0446. The summed E-state index contributed by atoms with van der Waals surface area (Å²) in [5.41, 5.74) is 0. The Labute approximate surface area is 373 Å². The number of esters is 2. The van der Waals surface area contributed by atoms with E-state index < -0.39 is 5.79 Å². The van der Waals surface area contributed by atoms with Gasteiger partial charge in [-0.05, 0) is 64.0 Å². The van der Waals surface area contributed by atoms with Gasteiger partial charge in [0.15, 0.2) is 5.79 Å². The minimum absolute atomic E-state index is 0.000164. The normalized spacial score (nSPS) is 15.2. The van der Waals surface area contributed by atoms with E-state index in [0.29, 0.717) is 44.5 Å². The van der Waals surface area contributed by atoms with Gasteiger partial charge in [-0.15, -0.1) is 0 Å². The number of hydrogen-bond donors (Lipinski definition) is 0. The standard InChI is InChI=1S/C53H103NO6/c1-7-12-26-34-48(35-27-13-8-2)40-44-57-51(55)38-30-22-18-16-20-24-32-42-53(59-47-50(60-53)46-54(6)11-5)43-33-25-21-17-19-23-31-39-52(56)58-45-41-49(36-28-14-9-3)37-29-15-10-4/h48-50H,7-47H2,1-6H3. The lowest BCUT2D eigenvalue weighted by atomic mass is 9.92. The van der Waals surface area contributed by atoms with Crippen LogP contribution in [-0.2, 0) is 28.5 Å². The van der Waals surface area contributed by atoms with E-state index in [-0.39, 0.29) is 18.0 Å². The van der Waals surface area contributed by atoms with Crippen molar-refractivity contribution in [3.05, 3.63) is 0 Å². The third-order valence-electron chi connectivity index (χ3n) is 13.3. The Hall–Kier alpha value is -1.18. The van der Waals surface area contributed by atoms with Crippen LogP contribution < -0.4 is 0 Å². The zero-order valence-corrected chi connectivity index (χ0v) is 41.1. The third-order valence-corrected chi connectivity index (χ3v) is 13.3. The molecular formula is C53H103NO6. The number of carbonyl (C=O) groups is 2. The molecular weight excluding hydrogens is 747 g/mol. The van der Waals surface area contributed by atoms with E-state index in [1.165, 1.54) is 154 Å². The number of hydrogen-bond acceptors (Lipinski definition) is 7. The molecule has 1 heterocycles. The Morgan fingerprint density at radius 2 is 0.883 bits per heavy atom. The molecule has 0 spiro atoms. The molecule has 0 radical (unpaired) electrons. The van der Waals surface area contributed by atoms with E-state index >= 15 is 0 Å². The van der Waals surface area contributed by atoms with Crippen molar-refractivity contribution >= 4 is 11.9 Å². The van der Waals surface area contributed by atoms with Crippen molar-refractivity contribution in [1.82, 2.24) is 4.90 Å². The highest BCUT2D eigenvalue weighted by atomic mass is 16.7. The van der Waals surface area contributed by atoms with Crippen LogP contribution in [0.4, 0.5) is 0 Å². The van der Waals surface area contributed by atoms with Gasteiger partial charge in [0.1, 0.15) is 0 Å². The molecule has 0 bridgehead atoms. The van der Waals surface area contributed by atoms with Crippen LogP contribution >= 0.6 is 0 Å². The second kappa shape index (κ2) is 40.6. The van der Waals surface area contributed by atoms with Gasteiger partial charge < -0.3 is 23.8 Å². The minimum Gasteiger partial charge on any atom is -0.466 e. The van der Waals surface area contributed by atoms with E-state index in [2.05, 4.69) is 46.6 Å². The summed E-state index contributed by atoms with van der Waals surface area (Å²) in [6.45, 7) is 15.1. The van der Waals surface area contributed by atoms with Gasteiger partial charge in [-0.1, -0.05) is 202 Å². The lowest BCUT2D eigenvalue weighted by molar-refractivity contribution is -0.180. The predicted molar refractivity (Wildman–Crippen MR) is 255 cm³/mol. The van der Waals surface area contributed by atoms with Crippen LogP contribution in [0, 0.1) is 11.8 Å². The number of ether oxygens (including phenoxy) is 4. The number of nitrogens with zero attached hydrogens (tertiary/aromatic N) is 1. The summed E-state index contributed by atoms with van der Waals surface area (Å²) >= 11 is 0.